The third-order valence-corrected chi connectivity index (χ3v) is 2.55. The van der Waals surface area contributed by atoms with Gasteiger partial charge in [0.25, 0.3) is 0 Å². The van der Waals surface area contributed by atoms with Crippen LogP contribution < -0.4 is 4.74 Å². The third-order valence-electron chi connectivity index (χ3n) is 2.55. The van der Waals surface area contributed by atoms with E-state index in [1.165, 1.54) is 0 Å². The molecule has 0 aromatic heterocycles. The fourth-order valence-electron chi connectivity index (χ4n) is 1.79. The Hall–Kier alpha value is -1.55. The van der Waals surface area contributed by atoms with Gasteiger partial charge >= 0.3 is 5.97 Å². The average Bonchev–Trinajstić information content (AvgIpc) is 2.27. The second-order valence-electron chi connectivity index (χ2n) is 4.53. The van der Waals surface area contributed by atoms with Crippen LogP contribution in [-0.4, -0.2) is 30.4 Å². The van der Waals surface area contributed by atoms with Crippen molar-refractivity contribution in [2.45, 2.75) is 39.4 Å². The van der Waals surface area contributed by atoms with Crippen molar-refractivity contribution < 1.29 is 19.4 Å². The minimum atomic E-state index is -0.952. The summed E-state index contributed by atoms with van der Waals surface area (Å²) in [6.07, 6.45) is -0.666. The van der Waals surface area contributed by atoms with Crippen LogP contribution in [-0.2, 0) is 16.0 Å². The summed E-state index contributed by atoms with van der Waals surface area (Å²) < 4.78 is 10.6. The average molecular weight is 252 g/mol. The number of methoxy groups -OCH3 is 1. The highest BCUT2D eigenvalue weighted by molar-refractivity contribution is 5.73. The topological polar surface area (TPSA) is 55.8 Å². The van der Waals surface area contributed by atoms with Gasteiger partial charge in [0.1, 0.15) is 5.75 Å². The van der Waals surface area contributed by atoms with E-state index in [0.29, 0.717) is 12.2 Å². The number of aryl methyl sites for hydroxylation is 1. The van der Waals surface area contributed by atoms with E-state index >= 15 is 0 Å². The maximum atomic E-state index is 11.2. The summed E-state index contributed by atoms with van der Waals surface area (Å²) in [5.41, 5.74) is 1.92. The molecule has 1 aromatic rings. The molecule has 0 spiro atoms. The van der Waals surface area contributed by atoms with Crippen molar-refractivity contribution in [1.82, 2.24) is 0 Å². The van der Waals surface area contributed by atoms with Crippen molar-refractivity contribution in [2.75, 3.05) is 7.11 Å². The van der Waals surface area contributed by atoms with E-state index in [2.05, 4.69) is 0 Å². The molecule has 1 rings (SSSR count). The maximum absolute atomic E-state index is 11.2. The second kappa shape index (κ2) is 6.40. The predicted octanol–water partition coefficient (Wildman–Crippen LogP) is 2.42. The summed E-state index contributed by atoms with van der Waals surface area (Å²) in [4.78, 5) is 11.2. The number of carbonyl (C=O) groups is 1. The smallest absolute Gasteiger partial charge is 0.333 e. The molecular weight excluding hydrogens is 232 g/mol. The molecule has 0 fully saturated rings. The van der Waals surface area contributed by atoms with Crippen LogP contribution in [0.3, 0.4) is 0 Å². The second-order valence-corrected chi connectivity index (χ2v) is 4.53. The molecule has 18 heavy (non-hydrogen) atoms. The summed E-state index contributed by atoms with van der Waals surface area (Å²) >= 11 is 0. The Labute approximate surface area is 108 Å². The zero-order valence-corrected chi connectivity index (χ0v) is 11.3. The minimum Gasteiger partial charge on any atom is -0.496 e. The van der Waals surface area contributed by atoms with Crippen LogP contribution >= 0.6 is 0 Å². The van der Waals surface area contributed by atoms with Crippen molar-refractivity contribution in [1.29, 1.82) is 0 Å². The number of ether oxygens (including phenoxy) is 2. The van der Waals surface area contributed by atoms with Gasteiger partial charge in [0.05, 0.1) is 13.2 Å². The van der Waals surface area contributed by atoms with Crippen molar-refractivity contribution >= 4 is 5.97 Å². The number of aliphatic carboxylic acids is 1. The van der Waals surface area contributed by atoms with Gasteiger partial charge in [-0.1, -0.05) is 17.7 Å². The van der Waals surface area contributed by atoms with Crippen LogP contribution in [0.25, 0.3) is 0 Å². The van der Waals surface area contributed by atoms with Crippen LogP contribution in [0.15, 0.2) is 18.2 Å². The Morgan fingerprint density at radius 2 is 2.06 bits per heavy atom. The van der Waals surface area contributed by atoms with Crippen molar-refractivity contribution in [3.8, 4) is 5.75 Å². The molecule has 0 amide bonds. The van der Waals surface area contributed by atoms with E-state index in [9.17, 15) is 4.79 Å². The monoisotopic (exact) mass is 252 g/mol. The molecule has 0 aliphatic rings. The van der Waals surface area contributed by atoms with Crippen LogP contribution in [0, 0.1) is 6.92 Å². The molecule has 100 valence electrons. The fourth-order valence-corrected chi connectivity index (χ4v) is 1.79. The van der Waals surface area contributed by atoms with Gasteiger partial charge in [-0.05, 0) is 32.4 Å². The van der Waals surface area contributed by atoms with Gasteiger partial charge in [-0.15, -0.1) is 0 Å². The van der Waals surface area contributed by atoms with E-state index < -0.39 is 12.1 Å². The number of benzene rings is 1. The summed E-state index contributed by atoms with van der Waals surface area (Å²) in [6.45, 7) is 5.61. The zero-order valence-electron chi connectivity index (χ0n) is 11.3. The molecule has 0 aliphatic heterocycles. The van der Waals surface area contributed by atoms with E-state index in [1.54, 1.807) is 7.11 Å². The molecule has 0 heterocycles. The number of hydrogen-bond donors (Lipinski definition) is 1. The van der Waals surface area contributed by atoms with Crippen LogP contribution in [0.2, 0.25) is 0 Å². The number of rotatable bonds is 6. The van der Waals surface area contributed by atoms with Gasteiger partial charge in [-0.2, -0.15) is 0 Å². The lowest BCUT2D eigenvalue weighted by Gasteiger charge is -2.18. The first kappa shape index (κ1) is 14.5. The highest BCUT2D eigenvalue weighted by atomic mass is 16.5. The first-order chi connectivity index (χ1) is 8.43. The SMILES string of the molecule is COc1ccc(C)cc1CC(OC(C)C)C(=O)O. The molecule has 0 aliphatic carbocycles. The lowest BCUT2D eigenvalue weighted by atomic mass is 10.0. The van der Waals surface area contributed by atoms with E-state index in [0.717, 1.165) is 11.1 Å². The Balaban J connectivity index is 2.92. The number of carboxylic acid groups (broad SMARTS) is 1. The quantitative estimate of drug-likeness (QED) is 0.844. The molecule has 0 saturated heterocycles. The molecule has 1 aromatic carbocycles. The van der Waals surface area contributed by atoms with Crippen LogP contribution in [0.4, 0.5) is 0 Å². The molecule has 1 N–H and O–H groups in total. The standard InChI is InChI=1S/C14H20O4/c1-9(2)18-13(14(15)16)8-11-7-10(3)5-6-12(11)17-4/h5-7,9,13H,8H2,1-4H3,(H,15,16). The van der Waals surface area contributed by atoms with Gasteiger partial charge < -0.3 is 14.6 Å². The highest BCUT2D eigenvalue weighted by Crippen LogP contribution is 2.22. The lowest BCUT2D eigenvalue weighted by Crippen LogP contribution is -2.29. The van der Waals surface area contributed by atoms with E-state index in [1.807, 2.05) is 39.0 Å². The van der Waals surface area contributed by atoms with Crippen LogP contribution in [0.5, 0.6) is 5.75 Å². The Bertz CT molecular complexity index is 412. The first-order valence-electron chi connectivity index (χ1n) is 5.95. The summed E-state index contributed by atoms with van der Waals surface area (Å²) in [6, 6.07) is 5.71. The zero-order chi connectivity index (χ0) is 13.7. The molecule has 0 bridgehead atoms. The molecule has 4 nitrogen and oxygen atoms in total. The Morgan fingerprint density at radius 3 is 2.56 bits per heavy atom. The van der Waals surface area contributed by atoms with Gasteiger partial charge in [0.15, 0.2) is 6.10 Å². The minimum absolute atomic E-state index is 0.123. The summed E-state index contributed by atoms with van der Waals surface area (Å²) in [7, 11) is 1.58. The molecule has 1 atom stereocenters. The predicted molar refractivity (Wildman–Crippen MR) is 69.1 cm³/mol. The molecule has 0 saturated carbocycles. The van der Waals surface area contributed by atoms with Crippen LogP contribution in [0.1, 0.15) is 25.0 Å². The van der Waals surface area contributed by atoms with Crippen molar-refractivity contribution in [3.63, 3.8) is 0 Å². The normalized spacial score (nSPS) is 12.5. The lowest BCUT2D eigenvalue weighted by molar-refractivity contribution is -0.153. The summed E-state index contributed by atoms with van der Waals surface area (Å²) in [5, 5.41) is 9.15. The van der Waals surface area contributed by atoms with Gasteiger partial charge in [-0.25, -0.2) is 4.79 Å². The maximum Gasteiger partial charge on any atom is 0.333 e. The molecule has 4 heteroatoms. The Kier molecular flexibility index (Phi) is 5.16. The number of hydrogen-bond acceptors (Lipinski definition) is 3. The van der Waals surface area contributed by atoms with Gasteiger partial charge in [-0.3, -0.25) is 0 Å². The number of carboxylic acids is 1. The Morgan fingerprint density at radius 1 is 1.39 bits per heavy atom. The molecular formula is C14H20O4. The van der Waals surface area contributed by atoms with E-state index in [4.69, 9.17) is 14.6 Å². The van der Waals surface area contributed by atoms with Gasteiger partial charge in [0.2, 0.25) is 0 Å². The van der Waals surface area contributed by atoms with Crippen molar-refractivity contribution in [2.24, 2.45) is 0 Å². The third kappa shape index (κ3) is 4.04. The largest absolute Gasteiger partial charge is 0.496 e. The first-order valence-corrected chi connectivity index (χ1v) is 5.95. The summed E-state index contributed by atoms with van der Waals surface area (Å²) in [5.74, 6) is -0.258. The fraction of sp³-hybridized carbons (Fsp3) is 0.500. The highest BCUT2D eigenvalue weighted by Gasteiger charge is 2.21. The van der Waals surface area contributed by atoms with Crippen molar-refractivity contribution in [3.05, 3.63) is 29.3 Å². The van der Waals surface area contributed by atoms with E-state index in [-0.39, 0.29) is 6.10 Å². The molecule has 0 radical (unpaired) electrons. The van der Waals surface area contributed by atoms with Gasteiger partial charge in [0, 0.05) is 6.42 Å². The molecule has 1 unspecified atom stereocenters.